The van der Waals surface area contributed by atoms with Crippen molar-refractivity contribution in [2.24, 2.45) is 0 Å². The van der Waals surface area contributed by atoms with Crippen LogP contribution < -0.4 is 0 Å². The minimum atomic E-state index is 0. The molecule has 102 valence electrons. The summed E-state index contributed by atoms with van der Waals surface area (Å²) < 4.78 is 0. The van der Waals surface area contributed by atoms with Crippen molar-refractivity contribution in [1.29, 1.82) is 0 Å². The standard InChI is InChI=1S/C17H24.2Y/c1-6-14(7-2)11-12-15-9-8-10-16(13-15)17(3,4)5;;/h8,10,13H,1-2,6-7,11-12H2,3-5H3;;/q-4;;. The van der Waals surface area contributed by atoms with Gasteiger partial charge in [0.1, 0.15) is 0 Å². The van der Waals surface area contributed by atoms with Gasteiger partial charge in [0, 0.05) is 65.4 Å². The number of rotatable bonds is 5. The fourth-order valence-corrected chi connectivity index (χ4v) is 1.81. The van der Waals surface area contributed by atoms with Gasteiger partial charge in [-0.25, -0.2) is 0 Å². The second kappa shape index (κ2) is 11.1. The largest absolute Gasteiger partial charge is 0.372 e. The third-order valence-electron chi connectivity index (χ3n) is 3.18. The van der Waals surface area contributed by atoms with E-state index in [9.17, 15) is 0 Å². The Balaban J connectivity index is 0. The molecule has 0 aliphatic carbocycles. The molecule has 0 fully saturated rings. The molecule has 0 nitrogen and oxygen atoms in total. The molecule has 0 saturated carbocycles. The van der Waals surface area contributed by atoms with Gasteiger partial charge in [-0.2, -0.15) is 41.8 Å². The van der Waals surface area contributed by atoms with E-state index in [-0.39, 0.29) is 70.8 Å². The summed E-state index contributed by atoms with van der Waals surface area (Å²) in [7, 11) is 0. The Labute approximate surface area is 170 Å². The van der Waals surface area contributed by atoms with E-state index in [1.807, 2.05) is 6.07 Å². The summed E-state index contributed by atoms with van der Waals surface area (Å²) in [5.41, 5.74) is 2.91. The van der Waals surface area contributed by atoms with Crippen molar-refractivity contribution in [3.05, 3.63) is 55.2 Å². The molecule has 1 aromatic rings. The van der Waals surface area contributed by atoms with Crippen LogP contribution in [0, 0.1) is 25.8 Å². The van der Waals surface area contributed by atoms with E-state index in [1.165, 1.54) is 17.0 Å². The monoisotopic (exact) mass is 406 g/mol. The van der Waals surface area contributed by atoms with E-state index in [0.717, 1.165) is 25.7 Å². The molecule has 0 unspecified atom stereocenters. The smallest absolute Gasteiger partial charge is 0 e. The van der Waals surface area contributed by atoms with Crippen LogP contribution in [0.1, 0.15) is 51.2 Å². The maximum Gasteiger partial charge on any atom is 0 e. The molecule has 0 aliphatic heterocycles. The molecule has 0 aromatic heterocycles. The predicted octanol–water partition coefficient (Wildman–Crippen LogP) is 4.73. The molecular weight excluding hydrogens is 382 g/mol. The number of hydrogen-bond acceptors (Lipinski definition) is 0. The fraction of sp³-hybridized carbons (Fsp3) is 0.471. The molecule has 0 atom stereocenters. The molecule has 0 saturated heterocycles. The number of aryl methyl sites for hydroxylation is 1. The van der Waals surface area contributed by atoms with Gasteiger partial charge in [0.25, 0.3) is 0 Å². The summed E-state index contributed by atoms with van der Waals surface area (Å²) in [6.07, 6.45) is 3.96. The van der Waals surface area contributed by atoms with Gasteiger partial charge in [-0.15, -0.1) is 0 Å². The quantitative estimate of drug-likeness (QED) is 0.621. The average molecular weight is 406 g/mol. The van der Waals surface area contributed by atoms with E-state index in [2.05, 4.69) is 52.8 Å². The second-order valence-electron chi connectivity index (χ2n) is 5.60. The Hall–Kier alpha value is 1.43. The first-order valence-corrected chi connectivity index (χ1v) is 6.40. The molecule has 19 heavy (non-hydrogen) atoms. The molecule has 0 heterocycles. The van der Waals surface area contributed by atoms with Crippen molar-refractivity contribution in [2.75, 3.05) is 0 Å². The van der Waals surface area contributed by atoms with Crippen molar-refractivity contribution in [2.45, 2.75) is 51.9 Å². The Morgan fingerprint density at radius 3 is 2.21 bits per heavy atom. The molecule has 1 aromatic carbocycles. The minimum Gasteiger partial charge on any atom is -0.372 e. The Morgan fingerprint density at radius 2 is 1.74 bits per heavy atom. The topological polar surface area (TPSA) is 0 Å². The van der Waals surface area contributed by atoms with Crippen molar-refractivity contribution >= 4 is 0 Å². The van der Waals surface area contributed by atoms with Gasteiger partial charge in [-0.1, -0.05) is 27.2 Å². The van der Waals surface area contributed by atoms with Crippen molar-refractivity contribution in [3.8, 4) is 0 Å². The summed E-state index contributed by atoms with van der Waals surface area (Å²) in [5, 5.41) is 0. The van der Waals surface area contributed by atoms with Crippen LogP contribution in [0.3, 0.4) is 0 Å². The predicted molar refractivity (Wildman–Crippen MR) is 75.5 cm³/mol. The third kappa shape index (κ3) is 8.45. The molecule has 1 rings (SSSR count). The Morgan fingerprint density at radius 1 is 1.16 bits per heavy atom. The van der Waals surface area contributed by atoms with Crippen LogP contribution in [-0.2, 0) is 77.3 Å². The van der Waals surface area contributed by atoms with Gasteiger partial charge in [0.05, 0.1) is 0 Å². The summed E-state index contributed by atoms with van der Waals surface area (Å²) in [4.78, 5) is 0. The van der Waals surface area contributed by atoms with E-state index in [0.29, 0.717) is 0 Å². The third-order valence-corrected chi connectivity index (χ3v) is 3.18. The van der Waals surface area contributed by atoms with Crippen LogP contribution in [0.2, 0.25) is 0 Å². The van der Waals surface area contributed by atoms with E-state index < -0.39 is 0 Å². The fourth-order valence-electron chi connectivity index (χ4n) is 1.81. The van der Waals surface area contributed by atoms with Gasteiger partial charge in [0.15, 0.2) is 0 Å². The van der Waals surface area contributed by atoms with Crippen LogP contribution in [-0.4, -0.2) is 0 Å². The minimum absolute atomic E-state index is 0. The molecule has 0 N–H and O–H groups in total. The molecule has 2 heteroatoms. The summed E-state index contributed by atoms with van der Waals surface area (Å²) in [6.45, 7) is 14.6. The van der Waals surface area contributed by atoms with Crippen LogP contribution in [0.4, 0.5) is 0 Å². The summed E-state index contributed by atoms with van der Waals surface area (Å²) in [5.74, 6) is 1.44. The maximum absolute atomic E-state index is 3.94. The molecule has 0 aliphatic rings. The molecule has 2 radical (unpaired) electrons. The van der Waals surface area contributed by atoms with Crippen LogP contribution in [0.25, 0.3) is 0 Å². The average Bonchev–Trinajstić information content (AvgIpc) is 2.30. The zero-order valence-electron chi connectivity index (χ0n) is 12.6. The first-order chi connectivity index (χ1) is 7.97. The van der Waals surface area contributed by atoms with Crippen LogP contribution in [0.5, 0.6) is 0 Å². The Bertz CT molecular complexity index is 335. The van der Waals surface area contributed by atoms with E-state index in [4.69, 9.17) is 0 Å². The van der Waals surface area contributed by atoms with Gasteiger partial charge in [-0.05, 0) is 5.41 Å². The van der Waals surface area contributed by atoms with Gasteiger partial charge < -0.3 is 32.6 Å². The summed E-state index contributed by atoms with van der Waals surface area (Å²) >= 11 is 0. The van der Waals surface area contributed by atoms with E-state index in [1.54, 1.807) is 0 Å². The second-order valence-corrected chi connectivity index (χ2v) is 5.60. The molecule has 0 bridgehead atoms. The number of benzene rings is 1. The number of hydrogen-bond donors (Lipinski definition) is 0. The van der Waals surface area contributed by atoms with Crippen molar-refractivity contribution < 1.29 is 65.4 Å². The van der Waals surface area contributed by atoms with Gasteiger partial charge in [-0.3, -0.25) is 0 Å². The zero-order chi connectivity index (χ0) is 12.9. The van der Waals surface area contributed by atoms with E-state index >= 15 is 0 Å². The van der Waals surface area contributed by atoms with Crippen molar-refractivity contribution in [1.82, 2.24) is 0 Å². The van der Waals surface area contributed by atoms with Crippen LogP contribution >= 0.6 is 0 Å². The molecule has 0 spiro atoms. The Kier molecular flexibility index (Phi) is 13.2. The normalized spacial score (nSPS) is 10.8. The zero-order valence-corrected chi connectivity index (χ0v) is 18.3. The first kappa shape index (κ1) is 22.7. The van der Waals surface area contributed by atoms with Crippen molar-refractivity contribution in [3.63, 3.8) is 0 Å². The van der Waals surface area contributed by atoms with Gasteiger partial charge in [0.2, 0.25) is 0 Å². The van der Waals surface area contributed by atoms with Crippen LogP contribution in [0.15, 0.2) is 18.2 Å². The molecular formula is C17H24Y2-4. The first-order valence-electron chi connectivity index (χ1n) is 6.40. The molecule has 0 amide bonds. The van der Waals surface area contributed by atoms with Gasteiger partial charge >= 0.3 is 0 Å². The maximum atomic E-state index is 3.94. The summed E-state index contributed by atoms with van der Waals surface area (Å²) in [6, 6.07) is 9.82. The SMILES string of the molecule is [CH2-]C[C-](C[CH2-])CCc1[c-]ccc(C(C)(C)C)c1.[Y].[Y].